The predicted molar refractivity (Wildman–Crippen MR) is 93.4 cm³/mol. The van der Waals surface area contributed by atoms with Gasteiger partial charge in [0.25, 0.3) is 0 Å². The van der Waals surface area contributed by atoms with Crippen LogP contribution in [0.3, 0.4) is 0 Å². The lowest BCUT2D eigenvalue weighted by Crippen LogP contribution is -2.36. The zero-order valence-corrected chi connectivity index (χ0v) is 15.2. The summed E-state index contributed by atoms with van der Waals surface area (Å²) in [6.45, 7) is -2.11. The molecule has 156 valence electrons. The van der Waals surface area contributed by atoms with Crippen molar-refractivity contribution in [2.75, 3.05) is 24.2 Å². The Labute approximate surface area is 160 Å². The minimum Gasteiger partial charge on any atom is -0.366 e. The largest absolute Gasteiger partial charge is 0.402 e. The summed E-state index contributed by atoms with van der Waals surface area (Å²) in [5.74, 6) is -2.61. The van der Waals surface area contributed by atoms with Crippen LogP contribution in [0.1, 0.15) is 0 Å². The molecule has 29 heavy (non-hydrogen) atoms. The van der Waals surface area contributed by atoms with Crippen molar-refractivity contribution in [3.63, 3.8) is 0 Å². The first kappa shape index (κ1) is 20.9. The Morgan fingerprint density at radius 2 is 1.90 bits per heavy atom. The van der Waals surface area contributed by atoms with Gasteiger partial charge in [-0.3, -0.25) is 0 Å². The highest BCUT2D eigenvalue weighted by molar-refractivity contribution is 7.89. The first-order valence-corrected chi connectivity index (χ1v) is 9.63. The number of aromatic amines is 1. The number of rotatable bonds is 7. The van der Waals surface area contributed by atoms with Crippen LogP contribution in [0.5, 0.6) is 0 Å². The van der Waals surface area contributed by atoms with Gasteiger partial charge in [0.2, 0.25) is 10.0 Å². The molecule has 0 amide bonds. The second kappa shape index (κ2) is 7.87. The fourth-order valence-corrected chi connectivity index (χ4v) is 3.25. The van der Waals surface area contributed by atoms with Gasteiger partial charge >= 0.3 is 6.18 Å². The predicted octanol–water partition coefficient (Wildman–Crippen LogP) is 2.19. The lowest BCUT2D eigenvalue weighted by Gasteiger charge is -2.11. The monoisotopic (exact) mass is 436 g/mol. The van der Waals surface area contributed by atoms with Gasteiger partial charge in [-0.2, -0.15) is 13.2 Å². The molecule has 0 aliphatic carbocycles. The van der Waals surface area contributed by atoms with Crippen LogP contribution >= 0.6 is 0 Å². The summed E-state index contributed by atoms with van der Waals surface area (Å²) < 4.78 is 88.2. The van der Waals surface area contributed by atoms with Crippen LogP contribution in [0.2, 0.25) is 0 Å². The number of hydrogen-bond acceptors (Lipinski definition) is 6. The molecule has 0 bridgehead atoms. The van der Waals surface area contributed by atoms with Crippen LogP contribution in [0, 0.1) is 11.6 Å². The van der Waals surface area contributed by atoms with Gasteiger partial charge in [0, 0.05) is 23.7 Å². The van der Waals surface area contributed by atoms with E-state index in [1.54, 1.807) is 0 Å². The van der Waals surface area contributed by atoms with Crippen molar-refractivity contribution in [2.24, 2.45) is 0 Å². The summed E-state index contributed by atoms with van der Waals surface area (Å²) in [6, 6.07) is 1.19. The van der Waals surface area contributed by atoms with Gasteiger partial charge in [-0.05, 0) is 6.07 Å². The second-order valence-corrected chi connectivity index (χ2v) is 7.75. The molecule has 0 saturated heterocycles. The molecule has 0 saturated carbocycles. The minimum absolute atomic E-state index is 0.00519. The molecule has 3 aromatic rings. The van der Waals surface area contributed by atoms with Crippen molar-refractivity contribution in [3.05, 3.63) is 36.3 Å². The van der Waals surface area contributed by atoms with Crippen LogP contribution in [0.4, 0.5) is 27.8 Å². The number of fused-ring (bicyclic) bond motifs is 1. The normalized spacial score (nSPS) is 12.4. The van der Waals surface area contributed by atoms with Crippen molar-refractivity contribution in [1.82, 2.24) is 24.7 Å². The molecule has 8 nitrogen and oxygen atoms in total. The maximum Gasteiger partial charge on any atom is 0.402 e. The van der Waals surface area contributed by atoms with E-state index in [1.165, 1.54) is 17.0 Å². The van der Waals surface area contributed by atoms with Gasteiger partial charge in [-0.15, -0.1) is 0 Å². The van der Waals surface area contributed by atoms with Crippen molar-refractivity contribution in [1.29, 1.82) is 0 Å². The van der Waals surface area contributed by atoms with E-state index in [-0.39, 0.29) is 11.6 Å². The van der Waals surface area contributed by atoms with E-state index in [2.05, 4.69) is 25.3 Å². The number of nitrogens with one attached hydrogen (secondary N) is 3. The number of nitrogens with zero attached hydrogens (tertiary/aromatic N) is 3. The topological polar surface area (TPSA) is 113 Å². The molecule has 0 spiro atoms. The van der Waals surface area contributed by atoms with Crippen molar-refractivity contribution >= 4 is 26.9 Å². The molecule has 0 unspecified atom stereocenters. The molecule has 3 heterocycles. The highest BCUT2D eigenvalue weighted by Gasteiger charge is 2.29. The van der Waals surface area contributed by atoms with Crippen molar-refractivity contribution < 1.29 is 30.4 Å². The fourth-order valence-electron chi connectivity index (χ4n) is 2.35. The number of pyridine rings is 1. The average molecular weight is 436 g/mol. The van der Waals surface area contributed by atoms with Crippen LogP contribution in [0.25, 0.3) is 22.4 Å². The number of sulfonamides is 1. The second-order valence-electron chi connectivity index (χ2n) is 5.82. The van der Waals surface area contributed by atoms with E-state index in [0.717, 1.165) is 12.4 Å². The third-order valence-electron chi connectivity index (χ3n) is 3.64. The SMILES string of the molecule is O=S(=O)(CCNc1nc(-c2c[nH]c3ncc(F)cc23)ncc1F)NCC(F)(F)F. The molecule has 0 aromatic carbocycles. The van der Waals surface area contributed by atoms with Gasteiger partial charge in [0.05, 0.1) is 18.1 Å². The Hall–Kier alpha value is -2.87. The van der Waals surface area contributed by atoms with E-state index >= 15 is 0 Å². The number of alkyl halides is 3. The Morgan fingerprint density at radius 3 is 2.62 bits per heavy atom. The zero-order chi connectivity index (χ0) is 21.2. The molecule has 14 heteroatoms. The highest BCUT2D eigenvalue weighted by Crippen LogP contribution is 2.26. The van der Waals surface area contributed by atoms with Gasteiger partial charge < -0.3 is 10.3 Å². The lowest BCUT2D eigenvalue weighted by atomic mass is 10.2. The summed E-state index contributed by atoms with van der Waals surface area (Å²) in [4.78, 5) is 14.4. The summed E-state index contributed by atoms with van der Waals surface area (Å²) in [7, 11) is -4.24. The highest BCUT2D eigenvalue weighted by atomic mass is 32.2. The maximum absolute atomic E-state index is 13.9. The molecular formula is C15H13F5N6O2S. The summed E-state index contributed by atoms with van der Waals surface area (Å²) in [5, 5.41) is 2.75. The molecule has 3 N–H and O–H groups in total. The van der Waals surface area contributed by atoms with Gasteiger partial charge in [-0.25, -0.2) is 36.9 Å². The van der Waals surface area contributed by atoms with E-state index in [9.17, 15) is 30.4 Å². The average Bonchev–Trinajstić information content (AvgIpc) is 3.04. The molecule has 0 aliphatic heterocycles. The number of aromatic nitrogens is 4. The first-order valence-electron chi connectivity index (χ1n) is 7.97. The third kappa shape index (κ3) is 5.35. The van der Waals surface area contributed by atoms with E-state index in [4.69, 9.17) is 0 Å². The van der Waals surface area contributed by atoms with Crippen molar-refractivity contribution in [2.45, 2.75) is 6.18 Å². The molecule has 3 rings (SSSR count). The number of anilines is 1. The van der Waals surface area contributed by atoms with Crippen molar-refractivity contribution in [3.8, 4) is 11.4 Å². The molecule has 0 fully saturated rings. The first-order chi connectivity index (χ1) is 13.5. The standard InChI is InChI=1S/C15H13F5N6O2S/c16-8-3-9-10(5-23-12(9)22-4-8)13-24-6-11(17)14(26-13)21-1-2-29(27,28)25-7-15(18,19)20/h3-6,25H,1-2,7H2,(H,22,23)(H,21,24,26). The van der Waals surface area contributed by atoms with Crippen LogP contribution in [-0.4, -0.2) is 53.4 Å². The lowest BCUT2D eigenvalue weighted by molar-refractivity contribution is -0.121. The Kier molecular flexibility index (Phi) is 5.66. The zero-order valence-electron chi connectivity index (χ0n) is 14.4. The third-order valence-corrected chi connectivity index (χ3v) is 4.96. The smallest absolute Gasteiger partial charge is 0.366 e. The molecule has 3 aromatic heterocycles. The molecule has 0 atom stereocenters. The van der Waals surface area contributed by atoms with E-state index in [0.29, 0.717) is 16.6 Å². The van der Waals surface area contributed by atoms with Gasteiger partial charge in [-0.1, -0.05) is 0 Å². The molecule has 0 radical (unpaired) electrons. The van der Waals surface area contributed by atoms with E-state index < -0.39 is 46.7 Å². The van der Waals surface area contributed by atoms with Crippen LogP contribution < -0.4 is 10.0 Å². The molecular weight excluding hydrogens is 423 g/mol. The maximum atomic E-state index is 13.9. The van der Waals surface area contributed by atoms with Crippen LogP contribution in [0.15, 0.2) is 24.7 Å². The minimum atomic E-state index is -4.69. The van der Waals surface area contributed by atoms with E-state index in [1.807, 2.05) is 0 Å². The van der Waals surface area contributed by atoms with Crippen LogP contribution in [-0.2, 0) is 10.0 Å². The number of hydrogen-bond donors (Lipinski definition) is 3. The number of halogens is 5. The summed E-state index contributed by atoms with van der Waals surface area (Å²) in [6.07, 6.45) is -1.41. The summed E-state index contributed by atoms with van der Waals surface area (Å²) >= 11 is 0. The fraction of sp³-hybridized carbons (Fsp3) is 0.267. The van der Waals surface area contributed by atoms with Gasteiger partial charge in [0.1, 0.15) is 18.0 Å². The quantitative estimate of drug-likeness (QED) is 0.490. The molecule has 0 aliphatic rings. The van der Waals surface area contributed by atoms with Gasteiger partial charge in [0.15, 0.2) is 17.5 Å². The number of H-pyrrole nitrogens is 1. The Balaban J connectivity index is 1.73. The Morgan fingerprint density at radius 1 is 1.14 bits per heavy atom. The summed E-state index contributed by atoms with van der Waals surface area (Å²) in [5.41, 5.74) is 0.681. The Bertz CT molecular complexity index is 1130.